The molecule has 3 nitrogen and oxygen atoms in total. The molecule has 0 aliphatic carbocycles. The van der Waals surface area contributed by atoms with E-state index in [0.717, 1.165) is 25.2 Å². The molecule has 0 aliphatic rings. The Morgan fingerprint density at radius 2 is 1.62 bits per heavy atom. The molecule has 0 saturated heterocycles. The summed E-state index contributed by atoms with van der Waals surface area (Å²) >= 11 is 4.12. The molecule has 0 radical (unpaired) electrons. The van der Waals surface area contributed by atoms with Crippen LogP contribution in [0.2, 0.25) is 0 Å². The van der Waals surface area contributed by atoms with Crippen molar-refractivity contribution in [1.29, 1.82) is 0 Å². The molecule has 0 saturated carbocycles. The molecule has 0 amide bonds. The Balaban J connectivity index is 3.33. The lowest BCUT2D eigenvalue weighted by Gasteiger charge is -2.14. The van der Waals surface area contributed by atoms with Gasteiger partial charge < -0.3 is 13.3 Å². The van der Waals surface area contributed by atoms with Crippen molar-refractivity contribution in [3.63, 3.8) is 0 Å². The van der Waals surface area contributed by atoms with Gasteiger partial charge in [-0.1, -0.05) is 0 Å². The van der Waals surface area contributed by atoms with Crippen molar-refractivity contribution >= 4 is 22.2 Å². The molecule has 0 heterocycles. The fourth-order valence-electron chi connectivity index (χ4n) is 0.810. The summed E-state index contributed by atoms with van der Waals surface area (Å²) < 4.78 is 16.2. The molecule has 0 unspecified atom stereocenters. The number of rotatable bonds is 9. The fraction of sp³-hybridized carbons (Fsp3) is 1.00. The van der Waals surface area contributed by atoms with E-state index in [4.69, 9.17) is 13.3 Å². The minimum Gasteiger partial charge on any atom is -0.376 e. The summed E-state index contributed by atoms with van der Waals surface area (Å²) in [5, 5.41) is 0. The van der Waals surface area contributed by atoms with Crippen LogP contribution in [0.3, 0.4) is 0 Å². The van der Waals surface area contributed by atoms with Gasteiger partial charge in [0.2, 0.25) is 0 Å². The smallest absolute Gasteiger partial charge is 0.376 e. The molecule has 0 aliphatic heterocycles. The molecule has 13 heavy (non-hydrogen) atoms. The van der Waals surface area contributed by atoms with Gasteiger partial charge in [0.05, 0.1) is 0 Å². The van der Waals surface area contributed by atoms with E-state index >= 15 is 0 Å². The largest absolute Gasteiger partial charge is 0.484 e. The van der Waals surface area contributed by atoms with Crippen LogP contribution in [0.1, 0.15) is 26.7 Å². The first-order valence-corrected chi connectivity index (χ1v) is 6.85. The molecule has 0 aromatic heterocycles. The van der Waals surface area contributed by atoms with E-state index in [9.17, 15) is 0 Å². The minimum absolute atomic E-state index is 0.670. The van der Waals surface area contributed by atoms with Gasteiger partial charge in [-0.3, -0.25) is 0 Å². The van der Waals surface area contributed by atoms with Crippen LogP contribution >= 0.6 is 12.6 Å². The lowest BCUT2D eigenvalue weighted by atomic mass is 10.4. The molecule has 5 heteroatoms. The highest BCUT2D eigenvalue weighted by Crippen LogP contribution is 1.97. The number of thiol groups is 1. The van der Waals surface area contributed by atoms with E-state index in [-0.39, 0.29) is 0 Å². The molecule has 0 aromatic rings. The van der Waals surface area contributed by atoms with E-state index in [1.807, 2.05) is 13.8 Å². The Morgan fingerprint density at radius 1 is 1.00 bits per heavy atom. The molecular weight excluding hydrogens is 204 g/mol. The van der Waals surface area contributed by atoms with Crippen molar-refractivity contribution in [3.8, 4) is 0 Å². The Bertz CT molecular complexity index is 99.4. The van der Waals surface area contributed by atoms with E-state index in [1.54, 1.807) is 0 Å². The first kappa shape index (κ1) is 13.4. The van der Waals surface area contributed by atoms with E-state index in [2.05, 4.69) is 12.6 Å². The summed E-state index contributed by atoms with van der Waals surface area (Å²) in [5.74, 6) is 0.916. The minimum atomic E-state index is -1.80. The van der Waals surface area contributed by atoms with Crippen molar-refractivity contribution in [2.75, 3.05) is 25.6 Å². The van der Waals surface area contributed by atoms with Crippen LogP contribution in [0, 0.1) is 0 Å². The van der Waals surface area contributed by atoms with E-state index < -0.39 is 9.53 Å². The van der Waals surface area contributed by atoms with Crippen LogP contribution < -0.4 is 0 Å². The summed E-state index contributed by atoms with van der Waals surface area (Å²) in [6, 6.07) is 0. The van der Waals surface area contributed by atoms with Gasteiger partial charge in [-0.2, -0.15) is 12.6 Å². The van der Waals surface area contributed by atoms with Crippen LogP contribution in [-0.2, 0) is 13.3 Å². The lowest BCUT2D eigenvalue weighted by Crippen LogP contribution is -2.27. The summed E-state index contributed by atoms with van der Waals surface area (Å²) in [6.45, 7) is 5.98. The van der Waals surface area contributed by atoms with Gasteiger partial charge in [0.15, 0.2) is 0 Å². The van der Waals surface area contributed by atoms with Gasteiger partial charge in [0.1, 0.15) is 0 Å². The third kappa shape index (κ3) is 8.77. The second kappa shape index (κ2) is 10.5. The quantitative estimate of drug-likeness (QED) is 0.365. The maximum absolute atomic E-state index is 5.49. The lowest BCUT2D eigenvalue weighted by molar-refractivity contribution is 0.101. The summed E-state index contributed by atoms with van der Waals surface area (Å²) in [4.78, 5) is 0. The molecule has 0 bridgehead atoms. The van der Waals surface area contributed by atoms with Crippen molar-refractivity contribution in [2.45, 2.75) is 26.7 Å². The monoisotopic (exact) mass is 224 g/mol. The first-order chi connectivity index (χ1) is 6.35. The fourth-order valence-corrected chi connectivity index (χ4v) is 2.23. The molecule has 0 atom stereocenters. The Kier molecular flexibility index (Phi) is 10.9. The number of unbranched alkanes of at least 4 members (excludes halogenated alkanes) is 1. The van der Waals surface area contributed by atoms with Crippen LogP contribution in [0.4, 0.5) is 0 Å². The Morgan fingerprint density at radius 3 is 2.08 bits per heavy atom. The van der Waals surface area contributed by atoms with E-state index in [1.165, 1.54) is 0 Å². The predicted molar refractivity (Wildman–Crippen MR) is 59.4 cm³/mol. The zero-order valence-corrected chi connectivity index (χ0v) is 10.5. The summed E-state index contributed by atoms with van der Waals surface area (Å²) in [6.07, 6.45) is 2.12. The molecule has 0 rings (SSSR count). The van der Waals surface area contributed by atoms with Crippen molar-refractivity contribution in [2.24, 2.45) is 0 Å². The molecule has 80 valence electrons. The topological polar surface area (TPSA) is 27.7 Å². The second-order valence-corrected chi connectivity index (χ2v) is 4.53. The van der Waals surface area contributed by atoms with Crippen LogP contribution in [0.25, 0.3) is 0 Å². The molecule has 0 fully saturated rings. The van der Waals surface area contributed by atoms with Gasteiger partial charge in [-0.15, -0.1) is 0 Å². The van der Waals surface area contributed by atoms with Gasteiger partial charge in [-0.05, 0) is 32.4 Å². The highest BCUT2D eigenvalue weighted by atomic mass is 32.1. The molecule has 0 N–H and O–H groups in total. The summed E-state index contributed by atoms with van der Waals surface area (Å²) in [7, 11) is -1.80. The molecular formula is C8H20O3SSi. The van der Waals surface area contributed by atoms with Crippen molar-refractivity contribution < 1.29 is 13.3 Å². The zero-order chi connectivity index (χ0) is 9.94. The molecule has 0 spiro atoms. The van der Waals surface area contributed by atoms with Gasteiger partial charge >= 0.3 is 9.53 Å². The van der Waals surface area contributed by atoms with Gasteiger partial charge in [0.25, 0.3) is 0 Å². The average Bonchev–Trinajstić information content (AvgIpc) is 2.13. The third-order valence-electron chi connectivity index (χ3n) is 1.41. The standard InChI is InChI=1S/C8H20O3SSi/c1-3-9-13(10-4-2)11-7-5-6-8-12/h12-13H,3-8H2,1-2H3. The first-order valence-electron chi connectivity index (χ1n) is 4.80. The highest BCUT2D eigenvalue weighted by molar-refractivity contribution is 7.80. The highest BCUT2D eigenvalue weighted by Gasteiger charge is 2.12. The SMILES string of the molecule is CCO[SiH](OCC)OCCCCS. The zero-order valence-electron chi connectivity index (χ0n) is 8.49. The third-order valence-corrected chi connectivity index (χ3v) is 3.45. The second-order valence-electron chi connectivity index (χ2n) is 2.50. The van der Waals surface area contributed by atoms with Crippen LogP contribution in [0.15, 0.2) is 0 Å². The van der Waals surface area contributed by atoms with Crippen LogP contribution in [0.5, 0.6) is 0 Å². The number of hydrogen-bond acceptors (Lipinski definition) is 4. The number of hydrogen-bond donors (Lipinski definition) is 1. The van der Waals surface area contributed by atoms with Crippen LogP contribution in [-0.4, -0.2) is 35.1 Å². The predicted octanol–water partition coefficient (Wildman–Crippen LogP) is 1.50. The van der Waals surface area contributed by atoms with Gasteiger partial charge in [-0.25, -0.2) is 0 Å². The van der Waals surface area contributed by atoms with Crippen molar-refractivity contribution in [1.82, 2.24) is 0 Å². The normalized spacial score (nSPS) is 11.1. The molecule has 0 aromatic carbocycles. The summed E-state index contributed by atoms with van der Waals surface area (Å²) in [5.41, 5.74) is 0. The maximum Gasteiger partial charge on any atom is 0.484 e. The average molecular weight is 224 g/mol. The maximum atomic E-state index is 5.49. The van der Waals surface area contributed by atoms with E-state index in [0.29, 0.717) is 13.2 Å². The Hall–Kier alpha value is 0.447. The van der Waals surface area contributed by atoms with Crippen molar-refractivity contribution in [3.05, 3.63) is 0 Å². The Labute approximate surface area is 88.1 Å². The van der Waals surface area contributed by atoms with Gasteiger partial charge in [0, 0.05) is 19.8 Å².